The minimum Gasteiger partial charge on any atom is -0.399 e. The maximum absolute atomic E-state index is 6.00. The van der Waals surface area contributed by atoms with E-state index in [1.165, 1.54) is 5.56 Å². The van der Waals surface area contributed by atoms with E-state index in [0.717, 1.165) is 22.0 Å². The second-order valence-corrected chi connectivity index (χ2v) is 4.93. The third-order valence-electron chi connectivity index (χ3n) is 2.98. The fraction of sp³-hybridized carbons (Fsp3) is 0.200. The number of anilines is 2. The summed E-state index contributed by atoms with van der Waals surface area (Å²) in [5, 5.41) is 4.21. The van der Waals surface area contributed by atoms with E-state index < -0.39 is 0 Å². The molecule has 1 unspecified atom stereocenters. The van der Waals surface area contributed by atoms with Gasteiger partial charge in [-0.05, 0) is 49.2 Å². The van der Waals surface area contributed by atoms with E-state index in [2.05, 4.69) is 25.2 Å². The molecule has 2 aromatic rings. The fourth-order valence-electron chi connectivity index (χ4n) is 1.89. The molecule has 94 valence electrons. The van der Waals surface area contributed by atoms with Gasteiger partial charge in [-0.1, -0.05) is 29.8 Å². The molecule has 0 amide bonds. The first-order valence-corrected chi connectivity index (χ1v) is 6.32. The predicted octanol–water partition coefficient (Wildman–Crippen LogP) is 4.40. The Labute approximate surface area is 113 Å². The maximum atomic E-state index is 6.00. The first-order chi connectivity index (χ1) is 8.56. The van der Waals surface area contributed by atoms with Crippen molar-refractivity contribution in [2.24, 2.45) is 0 Å². The van der Waals surface area contributed by atoms with Crippen molar-refractivity contribution in [2.75, 3.05) is 11.1 Å². The molecule has 0 fully saturated rings. The highest BCUT2D eigenvalue weighted by Crippen LogP contribution is 2.25. The van der Waals surface area contributed by atoms with Crippen molar-refractivity contribution in [3.8, 4) is 0 Å². The van der Waals surface area contributed by atoms with Crippen LogP contribution in [0.4, 0.5) is 11.4 Å². The molecular formula is C15H17ClN2. The minimum atomic E-state index is 0.184. The van der Waals surface area contributed by atoms with Crippen LogP contribution < -0.4 is 11.1 Å². The Morgan fingerprint density at radius 1 is 1.17 bits per heavy atom. The maximum Gasteiger partial charge on any atom is 0.0486 e. The average molecular weight is 261 g/mol. The fourth-order valence-corrected chi connectivity index (χ4v) is 2.09. The molecule has 2 rings (SSSR count). The van der Waals surface area contributed by atoms with E-state index in [1.54, 1.807) is 0 Å². The molecule has 2 aromatic carbocycles. The Bertz CT molecular complexity index is 552. The predicted molar refractivity (Wildman–Crippen MR) is 79.1 cm³/mol. The zero-order valence-corrected chi connectivity index (χ0v) is 11.3. The molecule has 0 aliphatic carbocycles. The summed E-state index contributed by atoms with van der Waals surface area (Å²) in [6.07, 6.45) is 0. The van der Waals surface area contributed by atoms with Crippen LogP contribution in [0.1, 0.15) is 24.1 Å². The van der Waals surface area contributed by atoms with Gasteiger partial charge >= 0.3 is 0 Å². The first kappa shape index (κ1) is 12.8. The molecule has 0 aliphatic rings. The molecule has 3 heteroatoms. The summed E-state index contributed by atoms with van der Waals surface area (Å²) in [4.78, 5) is 0. The number of benzene rings is 2. The average Bonchev–Trinajstić information content (AvgIpc) is 2.34. The van der Waals surface area contributed by atoms with Crippen LogP contribution in [-0.2, 0) is 0 Å². The molecular weight excluding hydrogens is 244 g/mol. The molecule has 0 saturated carbocycles. The first-order valence-electron chi connectivity index (χ1n) is 5.94. The number of nitrogen functional groups attached to an aromatic ring is 1. The highest BCUT2D eigenvalue weighted by molar-refractivity contribution is 6.30. The number of hydrogen-bond acceptors (Lipinski definition) is 2. The normalized spacial score (nSPS) is 12.2. The zero-order valence-electron chi connectivity index (χ0n) is 10.6. The standard InChI is InChI=1S/C15H17ClN2/c1-10-6-7-14(17)9-15(10)18-11(2)12-4-3-5-13(16)8-12/h3-9,11,18H,17H2,1-2H3. The second kappa shape index (κ2) is 5.32. The molecule has 3 N–H and O–H groups in total. The molecule has 18 heavy (non-hydrogen) atoms. The summed E-state index contributed by atoms with van der Waals surface area (Å²) in [6, 6.07) is 13.9. The Kier molecular flexibility index (Phi) is 3.78. The lowest BCUT2D eigenvalue weighted by Crippen LogP contribution is -2.08. The Balaban J connectivity index is 2.21. The van der Waals surface area contributed by atoms with Crippen molar-refractivity contribution in [3.05, 3.63) is 58.6 Å². The lowest BCUT2D eigenvalue weighted by Gasteiger charge is -2.18. The number of hydrogen-bond donors (Lipinski definition) is 2. The summed E-state index contributed by atoms with van der Waals surface area (Å²) in [5.74, 6) is 0. The number of aryl methyl sites for hydroxylation is 1. The molecule has 0 aromatic heterocycles. The highest BCUT2D eigenvalue weighted by Gasteiger charge is 2.07. The van der Waals surface area contributed by atoms with Crippen LogP contribution >= 0.6 is 11.6 Å². The number of nitrogens with two attached hydrogens (primary N) is 1. The van der Waals surface area contributed by atoms with Gasteiger partial charge in [-0.2, -0.15) is 0 Å². The van der Waals surface area contributed by atoms with Crippen LogP contribution in [0.25, 0.3) is 0 Å². The molecule has 0 heterocycles. The van der Waals surface area contributed by atoms with Crippen molar-refractivity contribution in [2.45, 2.75) is 19.9 Å². The molecule has 0 aliphatic heterocycles. The van der Waals surface area contributed by atoms with E-state index in [4.69, 9.17) is 17.3 Å². The largest absolute Gasteiger partial charge is 0.399 e. The van der Waals surface area contributed by atoms with E-state index in [9.17, 15) is 0 Å². The molecule has 0 radical (unpaired) electrons. The zero-order chi connectivity index (χ0) is 13.1. The van der Waals surface area contributed by atoms with Crippen LogP contribution in [0.15, 0.2) is 42.5 Å². The summed E-state index contributed by atoms with van der Waals surface area (Å²) in [6.45, 7) is 4.17. The van der Waals surface area contributed by atoms with E-state index in [1.807, 2.05) is 36.4 Å². The summed E-state index contributed by atoms with van der Waals surface area (Å²) >= 11 is 6.00. The van der Waals surface area contributed by atoms with Gasteiger partial charge in [-0.3, -0.25) is 0 Å². The molecule has 2 nitrogen and oxygen atoms in total. The van der Waals surface area contributed by atoms with Crippen molar-refractivity contribution >= 4 is 23.0 Å². The summed E-state index contributed by atoms with van der Waals surface area (Å²) in [5.41, 5.74) is 9.96. The third-order valence-corrected chi connectivity index (χ3v) is 3.22. The van der Waals surface area contributed by atoms with Gasteiger partial charge in [0.1, 0.15) is 0 Å². The third kappa shape index (κ3) is 2.96. The van der Waals surface area contributed by atoms with Crippen LogP contribution in [0.3, 0.4) is 0 Å². The molecule has 0 spiro atoms. The van der Waals surface area contributed by atoms with Gasteiger partial charge in [-0.15, -0.1) is 0 Å². The number of rotatable bonds is 3. The van der Waals surface area contributed by atoms with Crippen molar-refractivity contribution in [1.29, 1.82) is 0 Å². The minimum absolute atomic E-state index is 0.184. The second-order valence-electron chi connectivity index (χ2n) is 4.50. The summed E-state index contributed by atoms with van der Waals surface area (Å²) in [7, 11) is 0. The van der Waals surface area contributed by atoms with Crippen LogP contribution in [0.5, 0.6) is 0 Å². The van der Waals surface area contributed by atoms with Crippen molar-refractivity contribution in [3.63, 3.8) is 0 Å². The lowest BCUT2D eigenvalue weighted by molar-refractivity contribution is 0.883. The van der Waals surface area contributed by atoms with Gasteiger partial charge in [0.05, 0.1) is 0 Å². The summed E-state index contributed by atoms with van der Waals surface area (Å²) < 4.78 is 0. The van der Waals surface area contributed by atoms with E-state index >= 15 is 0 Å². The Morgan fingerprint density at radius 3 is 2.67 bits per heavy atom. The van der Waals surface area contributed by atoms with Crippen molar-refractivity contribution in [1.82, 2.24) is 0 Å². The van der Waals surface area contributed by atoms with Gasteiger partial charge in [0.25, 0.3) is 0 Å². The quantitative estimate of drug-likeness (QED) is 0.803. The van der Waals surface area contributed by atoms with Crippen molar-refractivity contribution < 1.29 is 0 Å². The molecule has 1 atom stereocenters. The lowest BCUT2D eigenvalue weighted by atomic mass is 10.1. The van der Waals surface area contributed by atoms with E-state index in [0.29, 0.717) is 0 Å². The SMILES string of the molecule is Cc1ccc(N)cc1NC(C)c1cccc(Cl)c1. The highest BCUT2D eigenvalue weighted by atomic mass is 35.5. The van der Waals surface area contributed by atoms with Crippen LogP contribution in [0, 0.1) is 6.92 Å². The molecule has 0 bridgehead atoms. The number of nitrogens with one attached hydrogen (secondary N) is 1. The monoisotopic (exact) mass is 260 g/mol. The van der Waals surface area contributed by atoms with Gasteiger partial charge in [-0.25, -0.2) is 0 Å². The Morgan fingerprint density at radius 2 is 1.94 bits per heavy atom. The van der Waals surface area contributed by atoms with Gasteiger partial charge < -0.3 is 11.1 Å². The topological polar surface area (TPSA) is 38.0 Å². The van der Waals surface area contributed by atoms with Crippen LogP contribution in [0.2, 0.25) is 5.02 Å². The van der Waals surface area contributed by atoms with Gasteiger partial charge in [0, 0.05) is 22.4 Å². The molecule has 0 saturated heterocycles. The van der Waals surface area contributed by atoms with Gasteiger partial charge in [0.2, 0.25) is 0 Å². The van der Waals surface area contributed by atoms with E-state index in [-0.39, 0.29) is 6.04 Å². The van der Waals surface area contributed by atoms with Crippen LogP contribution in [-0.4, -0.2) is 0 Å². The Hall–Kier alpha value is -1.67. The number of halogens is 1. The smallest absolute Gasteiger partial charge is 0.0486 e. The van der Waals surface area contributed by atoms with Gasteiger partial charge in [0.15, 0.2) is 0 Å².